The van der Waals surface area contributed by atoms with E-state index in [9.17, 15) is 5.21 Å². The van der Waals surface area contributed by atoms with Crippen LogP contribution in [0.25, 0.3) is 0 Å². The van der Waals surface area contributed by atoms with Crippen LogP contribution in [0.4, 0.5) is 0 Å². The summed E-state index contributed by atoms with van der Waals surface area (Å²) in [5.74, 6) is 0. The molecule has 4 heteroatoms. The van der Waals surface area contributed by atoms with Crippen molar-refractivity contribution in [1.29, 1.82) is 0 Å². The molecule has 14 heavy (non-hydrogen) atoms. The lowest BCUT2D eigenvalue weighted by Crippen LogP contribution is -2.68. The van der Waals surface area contributed by atoms with Crippen LogP contribution in [0, 0.1) is 5.21 Å². The van der Waals surface area contributed by atoms with Crippen molar-refractivity contribution >= 4 is 0 Å². The van der Waals surface area contributed by atoms with Gasteiger partial charge in [0.15, 0.2) is 0 Å². The maximum Gasteiger partial charge on any atom is 0.112 e. The van der Waals surface area contributed by atoms with Gasteiger partial charge in [-0.2, -0.15) is 0 Å². The first-order chi connectivity index (χ1) is 6.31. The number of hydrogen-bond donors (Lipinski definition) is 1. The van der Waals surface area contributed by atoms with Gasteiger partial charge in [0.05, 0.1) is 5.54 Å². The van der Waals surface area contributed by atoms with Gasteiger partial charge < -0.3 is 5.21 Å². The zero-order valence-electron chi connectivity index (χ0n) is 10.4. The number of hydrogen-bond acceptors (Lipinski definition) is 3. The summed E-state index contributed by atoms with van der Waals surface area (Å²) < 4.78 is 0. The van der Waals surface area contributed by atoms with E-state index in [1.807, 2.05) is 25.8 Å². The quantitative estimate of drug-likeness (QED) is 0.547. The molecule has 0 aliphatic rings. The SMILES string of the molecule is CCN[N+]([O-])(CC)N(CC)C(C)(C)C. The summed E-state index contributed by atoms with van der Waals surface area (Å²) in [6.45, 7) is 14.0. The molecule has 0 aromatic heterocycles. The fourth-order valence-electron chi connectivity index (χ4n) is 1.80. The van der Waals surface area contributed by atoms with Gasteiger partial charge in [-0.3, -0.25) is 0 Å². The zero-order chi connectivity index (χ0) is 11.4. The molecule has 0 aliphatic heterocycles. The van der Waals surface area contributed by atoms with Crippen molar-refractivity contribution in [2.24, 2.45) is 0 Å². The highest BCUT2D eigenvalue weighted by atomic mass is 16.7. The van der Waals surface area contributed by atoms with Crippen molar-refractivity contribution in [2.45, 2.75) is 47.1 Å². The third-order valence-electron chi connectivity index (χ3n) is 2.30. The Morgan fingerprint density at radius 2 is 1.71 bits per heavy atom. The van der Waals surface area contributed by atoms with Gasteiger partial charge in [-0.25, -0.2) is 4.86 Å². The lowest BCUT2D eigenvalue weighted by Gasteiger charge is -2.52. The molecule has 0 radical (unpaired) electrons. The Morgan fingerprint density at radius 3 is 1.93 bits per heavy atom. The molecule has 1 atom stereocenters. The van der Waals surface area contributed by atoms with Gasteiger partial charge in [-0.1, -0.05) is 0 Å². The molecule has 0 spiro atoms. The van der Waals surface area contributed by atoms with E-state index in [4.69, 9.17) is 0 Å². The summed E-state index contributed by atoms with van der Waals surface area (Å²) in [5, 5.41) is 14.3. The molecule has 0 fully saturated rings. The fraction of sp³-hybridized carbons (Fsp3) is 1.00. The summed E-state index contributed by atoms with van der Waals surface area (Å²) in [7, 11) is 0. The van der Waals surface area contributed by atoms with Crippen LogP contribution >= 0.6 is 0 Å². The van der Waals surface area contributed by atoms with Crippen LogP contribution in [-0.2, 0) is 0 Å². The Balaban J connectivity index is 4.77. The Labute approximate surface area is 88.0 Å². The monoisotopic (exact) mass is 203 g/mol. The Morgan fingerprint density at radius 1 is 1.21 bits per heavy atom. The van der Waals surface area contributed by atoms with E-state index in [0.29, 0.717) is 13.1 Å². The minimum absolute atomic E-state index is 0.116. The number of quaternary nitrogens is 1. The van der Waals surface area contributed by atoms with Crippen molar-refractivity contribution in [3.63, 3.8) is 0 Å². The predicted molar refractivity (Wildman–Crippen MR) is 60.0 cm³/mol. The largest absolute Gasteiger partial charge is 0.591 e. The molecule has 0 saturated carbocycles. The minimum Gasteiger partial charge on any atom is -0.591 e. The van der Waals surface area contributed by atoms with E-state index in [-0.39, 0.29) is 5.54 Å². The molecular weight excluding hydrogens is 178 g/mol. The summed E-state index contributed by atoms with van der Waals surface area (Å²) in [5.41, 5.74) is 2.86. The second kappa shape index (κ2) is 5.07. The summed E-state index contributed by atoms with van der Waals surface area (Å²) >= 11 is 0. The van der Waals surface area contributed by atoms with E-state index in [0.717, 1.165) is 6.54 Å². The van der Waals surface area contributed by atoms with Crippen molar-refractivity contribution in [2.75, 3.05) is 19.6 Å². The van der Waals surface area contributed by atoms with Crippen molar-refractivity contribution in [1.82, 2.24) is 10.4 Å². The van der Waals surface area contributed by atoms with Crippen LogP contribution in [0.3, 0.4) is 0 Å². The second-order valence-corrected chi connectivity index (χ2v) is 4.42. The lowest BCUT2D eigenvalue weighted by atomic mass is 10.1. The molecule has 4 nitrogen and oxygen atoms in total. The summed E-state index contributed by atoms with van der Waals surface area (Å²) in [6, 6.07) is 0. The third kappa shape index (κ3) is 3.20. The van der Waals surface area contributed by atoms with Crippen LogP contribution in [0.2, 0.25) is 0 Å². The van der Waals surface area contributed by atoms with Gasteiger partial charge in [-0.05, 0) is 41.5 Å². The lowest BCUT2D eigenvalue weighted by molar-refractivity contribution is -1.04. The minimum atomic E-state index is -0.434. The average Bonchev–Trinajstić information content (AvgIpc) is 2.03. The van der Waals surface area contributed by atoms with E-state index < -0.39 is 4.86 Å². The van der Waals surface area contributed by atoms with Crippen molar-refractivity contribution in [3.05, 3.63) is 5.21 Å². The molecule has 0 saturated heterocycles. The first kappa shape index (κ1) is 13.8. The Bertz CT molecular complexity index is 167. The fourth-order valence-corrected chi connectivity index (χ4v) is 1.80. The molecular formula is C10H25N3O. The number of hydroxylamine groups is 1. The maximum absolute atomic E-state index is 12.4. The number of nitrogens with one attached hydrogen (secondary N) is 1. The highest BCUT2D eigenvalue weighted by Gasteiger charge is 2.33. The van der Waals surface area contributed by atoms with E-state index >= 15 is 0 Å². The Hall–Kier alpha value is -0.160. The van der Waals surface area contributed by atoms with Crippen LogP contribution in [0.1, 0.15) is 41.5 Å². The molecule has 0 heterocycles. The van der Waals surface area contributed by atoms with E-state index in [1.54, 1.807) is 0 Å². The van der Waals surface area contributed by atoms with Crippen LogP contribution < -0.4 is 5.43 Å². The molecule has 0 aromatic carbocycles. The second-order valence-electron chi connectivity index (χ2n) is 4.42. The maximum atomic E-state index is 12.4. The highest BCUT2D eigenvalue weighted by molar-refractivity contribution is 4.69. The number of rotatable bonds is 5. The van der Waals surface area contributed by atoms with Gasteiger partial charge >= 0.3 is 0 Å². The van der Waals surface area contributed by atoms with Crippen LogP contribution in [0.5, 0.6) is 0 Å². The van der Waals surface area contributed by atoms with Gasteiger partial charge in [0.1, 0.15) is 6.54 Å². The van der Waals surface area contributed by atoms with Crippen LogP contribution in [0.15, 0.2) is 0 Å². The molecule has 0 rings (SSSR count). The molecule has 1 N–H and O–H groups in total. The highest BCUT2D eigenvalue weighted by Crippen LogP contribution is 2.19. The van der Waals surface area contributed by atoms with Crippen LogP contribution in [-0.4, -0.2) is 35.0 Å². The van der Waals surface area contributed by atoms with E-state index in [1.165, 1.54) is 0 Å². The smallest absolute Gasteiger partial charge is 0.112 e. The van der Waals surface area contributed by atoms with Crippen molar-refractivity contribution < 1.29 is 4.86 Å². The summed E-state index contributed by atoms with van der Waals surface area (Å²) in [4.78, 5) is -0.434. The molecule has 0 aliphatic carbocycles. The third-order valence-corrected chi connectivity index (χ3v) is 2.30. The first-order valence-corrected chi connectivity index (χ1v) is 5.44. The van der Waals surface area contributed by atoms with Gasteiger partial charge in [0.2, 0.25) is 0 Å². The topological polar surface area (TPSA) is 38.3 Å². The molecule has 0 bridgehead atoms. The normalized spacial score (nSPS) is 17.1. The predicted octanol–water partition coefficient (Wildman–Crippen LogP) is 1.88. The summed E-state index contributed by atoms with van der Waals surface area (Å²) in [6.07, 6.45) is 0. The molecule has 1 unspecified atom stereocenters. The van der Waals surface area contributed by atoms with E-state index in [2.05, 4.69) is 26.2 Å². The first-order valence-electron chi connectivity index (χ1n) is 5.44. The Kier molecular flexibility index (Phi) is 5.01. The average molecular weight is 203 g/mol. The number of nitrogens with zero attached hydrogens (tertiary/aromatic N) is 2. The molecule has 86 valence electrons. The standard InChI is InChI=1S/C10H25N3O/c1-7-11-13(14,9-3)12(8-2)10(4,5)6/h11H,7-9H2,1-6H3. The van der Waals surface area contributed by atoms with Gasteiger partial charge in [0, 0.05) is 13.1 Å². The van der Waals surface area contributed by atoms with Crippen molar-refractivity contribution in [3.8, 4) is 0 Å². The molecule has 0 aromatic rings. The van der Waals surface area contributed by atoms with Gasteiger partial charge in [0.25, 0.3) is 0 Å². The van der Waals surface area contributed by atoms with Gasteiger partial charge in [-0.15, -0.1) is 10.4 Å². The molecule has 0 amide bonds. The zero-order valence-corrected chi connectivity index (χ0v) is 10.4.